The summed E-state index contributed by atoms with van der Waals surface area (Å²) in [4.78, 5) is 0. The van der Waals surface area contributed by atoms with Gasteiger partial charge in [0.25, 0.3) is 0 Å². The fraction of sp³-hybridized carbons (Fsp3) is 0.333. The Morgan fingerprint density at radius 3 is 2.75 bits per heavy atom. The van der Waals surface area contributed by atoms with E-state index < -0.39 is 0 Å². The first-order valence-corrected chi connectivity index (χ1v) is 2.84. The molecule has 0 aromatic carbocycles. The lowest BCUT2D eigenvalue weighted by atomic mass is 10.3. The maximum atomic E-state index is 8.67. The molecule has 0 atom stereocenters. The Kier molecular flexibility index (Phi) is 4.47. The quantitative estimate of drug-likeness (QED) is 0.462. The van der Waals surface area contributed by atoms with Crippen LogP contribution in [0.25, 0.3) is 0 Å². The first-order chi connectivity index (χ1) is 3.81. The summed E-state index contributed by atoms with van der Waals surface area (Å²) in [6.07, 6.45) is 3.10. The van der Waals surface area contributed by atoms with Crippen LogP contribution < -0.4 is 0 Å². The molecule has 0 bridgehead atoms. The zero-order valence-electron chi connectivity index (χ0n) is 4.60. The molecule has 0 aromatic rings. The maximum absolute atomic E-state index is 8.67. The van der Waals surface area contributed by atoms with Crippen LogP contribution in [0.4, 0.5) is 0 Å². The van der Waals surface area contributed by atoms with Gasteiger partial charge in [-0.25, -0.2) is 0 Å². The van der Waals surface area contributed by atoms with Crippen molar-refractivity contribution in [3.63, 3.8) is 0 Å². The molecule has 0 saturated carbocycles. The molecule has 1 N–H and O–H groups in total. The van der Waals surface area contributed by atoms with Crippen molar-refractivity contribution in [1.82, 2.24) is 0 Å². The number of hydrogen-bond donors (Lipinski definition) is 1. The number of rotatable bonds is 3. The van der Waals surface area contributed by atoms with Gasteiger partial charge in [0.1, 0.15) is 5.76 Å². The lowest BCUT2D eigenvalue weighted by Crippen LogP contribution is -1.75. The van der Waals surface area contributed by atoms with Crippen molar-refractivity contribution in [3.8, 4) is 0 Å². The third-order valence-electron chi connectivity index (χ3n) is 0.731. The molecule has 0 aliphatic rings. The van der Waals surface area contributed by atoms with E-state index in [0.717, 1.165) is 6.42 Å². The molecule has 0 spiro atoms. The molecule has 0 unspecified atom stereocenters. The molecule has 0 amide bonds. The molecule has 0 aliphatic carbocycles. The molecule has 46 valence electrons. The highest BCUT2D eigenvalue weighted by Gasteiger charge is 1.86. The molecular formula is C6H9ClO. The number of allylic oxidation sites excluding steroid dienone is 2. The van der Waals surface area contributed by atoms with Crippen molar-refractivity contribution in [2.75, 3.05) is 0 Å². The van der Waals surface area contributed by atoms with Crippen molar-refractivity contribution in [3.05, 3.63) is 23.9 Å². The minimum atomic E-state index is 0.214. The van der Waals surface area contributed by atoms with Crippen molar-refractivity contribution in [2.24, 2.45) is 0 Å². The summed E-state index contributed by atoms with van der Waals surface area (Å²) in [6, 6.07) is 0. The van der Waals surface area contributed by atoms with Crippen LogP contribution in [0.1, 0.15) is 12.8 Å². The van der Waals surface area contributed by atoms with E-state index in [1.54, 1.807) is 6.08 Å². The van der Waals surface area contributed by atoms with Gasteiger partial charge in [-0.3, -0.25) is 0 Å². The highest BCUT2D eigenvalue weighted by Crippen LogP contribution is 2.01. The van der Waals surface area contributed by atoms with Crippen molar-refractivity contribution in [2.45, 2.75) is 12.8 Å². The van der Waals surface area contributed by atoms with Crippen LogP contribution in [0.2, 0.25) is 0 Å². The summed E-state index contributed by atoms with van der Waals surface area (Å²) in [5.74, 6) is 0.214. The average molecular weight is 133 g/mol. The van der Waals surface area contributed by atoms with E-state index >= 15 is 0 Å². The number of aliphatic hydroxyl groups excluding tert-OH is 1. The Hall–Kier alpha value is -0.430. The van der Waals surface area contributed by atoms with Gasteiger partial charge in [0.15, 0.2) is 0 Å². The lowest BCUT2D eigenvalue weighted by molar-refractivity contribution is 0.391. The van der Waals surface area contributed by atoms with Gasteiger partial charge in [-0.05, 0) is 6.42 Å². The van der Waals surface area contributed by atoms with E-state index in [-0.39, 0.29) is 5.76 Å². The average Bonchev–Trinajstić information content (AvgIpc) is 1.83. The SMILES string of the molecule is C=CCCC(O)=CCl. The second kappa shape index (κ2) is 4.72. The van der Waals surface area contributed by atoms with Crippen LogP contribution in [0.3, 0.4) is 0 Å². The van der Waals surface area contributed by atoms with E-state index in [1.807, 2.05) is 0 Å². The summed E-state index contributed by atoms with van der Waals surface area (Å²) < 4.78 is 0. The molecule has 0 rings (SSSR count). The zero-order valence-corrected chi connectivity index (χ0v) is 5.36. The Bertz CT molecular complexity index is 96.7. The second-order valence-electron chi connectivity index (χ2n) is 1.43. The molecule has 0 heterocycles. The monoisotopic (exact) mass is 132 g/mol. The van der Waals surface area contributed by atoms with Crippen molar-refractivity contribution < 1.29 is 5.11 Å². The van der Waals surface area contributed by atoms with Gasteiger partial charge in [0.2, 0.25) is 0 Å². The summed E-state index contributed by atoms with van der Waals surface area (Å²) in [7, 11) is 0. The standard InChI is InChI=1S/C6H9ClO/c1-2-3-4-6(8)5-7/h2,5,8H,1,3-4H2. The molecule has 1 nitrogen and oxygen atoms in total. The second-order valence-corrected chi connectivity index (χ2v) is 1.65. The Morgan fingerprint density at radius 2 is 2.38 bits per heavy atom. The van der Waals surface area contributed by atoms with Gasteiger partial charge in [-0.15, -0.1) is 6.58 Å². The van der Waals surface area contributed by atoms with Crippen molar-refractivity contribution >= 4 is 11.6 Å². The predicted octanol–water partition coefficient (Wildman–Crippen LogP) is 2.59. The minimum absolute atomic E-state index is 0.214. The van der Waals surface area contributed by atoms with Gasteiger partial charge < -0.3 is 5.11 Å². The Labute approximate surface area is 54.3 Å². The number of halogens is 1. The third-order valence-corrected chi connectivity index (χ3v) is 0.982. The van der Waals surface area contributed by atoms with Gasteiger partial charge in [0, 0.05) is 12.0 Å². The Balaban J connectivity index is 3.24. The lowest BCUT2D eigenvalue weighted by Gasteiger charge is -1.90. The molecular weight excluding hydrogens is 124 g/mol. The van der Waals surface area contributed by atoms with Crippen LogP contribution in [0.5, 0.6) is 0 Å². The van der Waals surface area contributed by atoms with Gasteiger partial charge in [-0.1, -0.05) is 17.7 Å². The normalized spacial score (nSPS) is 11.4. The smallest absolute Gasteiger partial charge is 0.104 e. The predicted molar refractivity (Wildman–Crippen MR) is 36.0 cm³/mol. The summed E-state index contributed by atoms with van der Waals surface area (Å²) >= 11 is 5.14. The molecule has 0 aliphatic heterocycles. The molecule has 0 saturated heterocycles. The zero-order chi connectivity index (χ0) is 6.41. The molecule has 0 radical (unpaired) electrons. The van der Waals surface area contributed by atoms with E-state index in [1.165, 1.54) is 5.54 Å². The van der Waals surface area contributed by atoms with Crippen LogP contribution >= 0.6 is 11.6 Å². The fourth-order valence-electron chi connectivity index (χ4n) is 0.304. The minimum Gasteiger partial charge on any atom is -0.511 e. The van der Waals surface area contributed by atoms with Crippen molar-refractivity contribution in [1.29, 1.82) is 0 Å². The largest absolute Gasteiger partial charge is 0.511 e. The number of aliphatic hydroxyl groups is 1. The molecule has 0 fully saturated rings. The van der Waals surface area contributed by atoms with Crippen LogP contribution in [0.15, 0.2) is 23.9 Å². The first kappa shape index (κ1) is 7.57. The van der Waals surface area contributed by atoms with E-state index in [2.05, 4.69) is 6.58 Å². The van der Waals surface area contributed by atoms with E-state index in [0.29, 0.717) is 6.42 Å². The van der Waals surface area contributed by atoms with Gasteiger partial charge in [-0.2, -0.15) is 0 Å². The summed E-state index contributed by atoms with van der Waals surface area (Å²) in [5.41, 5.74) is 1.17. The third kappa shape index (κ3) is 3.75. The summed E-state index contributed by atoms with van der Waals surface area (Å²) in [6.45, 7) is 3.49. The molecule has 0 aromatic heterocycles. The van der Waals surface area contributed by atoms with Crippen LogP contribution in [0, 0.1) is 0 Å². The highest BCUT2D eigenvalue weighted by molar-refractivity contribution is 6.25. The topological polar surface area (TPSA) is 20.2 Å². The Morgan fingerprint density at radius 1 is 1.75 bits per heavy atom. The van der Waals surface area contributed by atoms with Crippen LogP contribution in [-0.4, -0.2) is 5.11 Å². The summed E-state index contributed by atoms with van der Waals surface area (Å²) in [5, 5.41) is 8.67. The highest BCUT2D eigenvalue weighted by atomic mass is 35.5. The molecule has 8 heavy (non-hydrogen) atoms. The van der Waals surface area contributed by atoms with E-state index in [4.69, 9.17) is 16.7 Å². The first-order valence-electron chi connectivity index (χ1n) is 2.40. The number of hydrogen-bond acceptors (Lipinski definition) is 1. The van der Waals surface area contributed by atoms with Crippen LogP contribution in [-0.2, 0) is 0 Å². The molecule has 2 heteroatoms. The fourth-order valence-corrected chi connectivity index (χ4v) is 0.414. The van der Waals surface area contributed by atoms with E-state index in [9.17, 15) is 0 Å². The van der Waals surface area contributed by atoms with Gasteiger partial charge >= 0.3 is 0 Å². The van der Waals surface area contributed by atoms with Gasteiger partial charge in [0.05, 0.1) is 0 Å². The maximum Gasteiger partial charge on any atom is 0.104 e.